The fourth-order valence-electron chi connectivity index (χ4n) is 2.51. The average molecular weight is 231 g/mol. The molecule has 0 bridgehead atoms. The topological polar surface area (TPSA) is 12.0 Å². The van der Waals surface area contributed by atoms with Crippen LogP contribution in [0.3, 0.4) is 0 Å². The zero-order chi connectivity index (χ0) is 12.3. The lowest BCUT2D eigenvalue weighted by Crippen LogP contribution is -2.25. The van der Waals surface area contributed by atoms with Gasteiger partial charge in [0.05, 0.1) is 0 Å². The Morgan fingerprint density at radius 2 is 1.65 bits per heavy atom. The molecular formula is C16H25N. The monoisotopic (exact) mass is 231 g/mol. The fraction of sp³-hybridized carbons (Fsp3) is 0.625. The molecule has 1 fully saturated rings. The zero-order valence-electron chi connectivity index (χ0n) is 11.4. The van der Waals surface area contributed by atoms with Crippen LogP contribution in [0.5, 0.6) is 0 Å². The van der Waals surface area contributed by atoms with Gasteiger partial charge in [0.15, 0.2) is 0 Å². The van der Waals surface area contributed by atoms with Crippen LogP contribution >= 0.6 is 0 Å². The minimum atomic E-state index is 0.261. The zero-order valence-corrected chi connectivity index (χ0v) is 11.4. The number of nitrogens with one attached hydrogen (secondary N) is 1. The van der Waals surface area contributed by atoms with Crippen LogP contribution < -0.4 is 5.32 Å². The van der Waals surface area contributed by atoms with E-state index in [4.69, 9.17) is 0 Å². The Kier molecular flexibility index (Phi) is 3.88. The van der Waals surface area contributed by atoms with E-state index in [-0.39, 0.29) is 5.41 Å². The highest BCUT2D eigenvalue weighted by molar-refractivity contribution is 5.27. The molecular weight excluding hydrogens is 206 g/mol. The number of hydrogen-bond donors (Lipinski definition) is 1. The standard InChI is InChI=1S/C16H25N/c1-16(2,3)14-10-8-13(9-11-14)12-17-15-6-4-5-7-15/h8-11,15,17H,4-7,12H2,1-3H3. The SMILES string of the molecule is CC(C)(C)c1ccc(CNC2CCCC2)cc1. The summed E-state index contributed by atoms with van der Waals surface area (Å²) in [7, 11) is 0. The van der Waals surface area contributed by atoms with Crippen LogP contribution in [-0.4, -0.2) is 6.04 Å². The van der Waals surface area contributed by atoms with E-state index >= 15 is 0 Å². The van der Waals surface area contributed by atoms with E-state index < -0.39 is 0 Å². The fourth-order valence-corrected chi connectivity index (χ4v) is 2.51. The van der Waals surface area contributed by atoms with Crippen LogP contribution in [0.25, 0.3) is 0 Å². The van der Waals surface area contributed by atoms with Gasteiger partial charge < -0.3 is 5.32 Å². The molecule has 0 aliphatic heterocycles. The van der Waals surface area contributed by atoms with Gasteiger partial charge in [-0.25, -0.2) is 0 Å². The predicted molar refractivity (Wildman–Crippen MR) is 74.2 cm³/mol. The van der Waals surface area contributed by atoms with Crippen molar-refractivity contribution in [2.24, 2.45) is 0 Å². The average Bonchev–Trinajstić information content (AvgIpc) is 2.78. The minimum absolute atomic E-state index is 0.261. The summed E-state index contributed by atoms with van der Waals surface area (Å²) in [6.45, 7) is 7.81. The first-order chi connectivity index (χ1) is 8.05. The van der Waals surface area contributed by atoms with Crippen molar-refractivity contribution < 1.29 is 0 Å². The van der Waals surface area contributed by atoms with Crippen molar-refractivity contribution in [3.63, 3.8) is 0 Å². The van der Waals surface area contributed by atoms with Crippen LogP contribution in [-0.2, 0) is 12.0 Å². The van der Waals surface area contributed by atoms with Gasteiger partial charge in [0.25, 0.3) is 0 Å². The van der Waals surface area contributed by atoms with E-state index in [1.165, 1.54) is 36.8 Å². The highest BCUT2D eigenvalue weighted by Gasteiger charge is 2.15. The third kappa shape index (κ3) is 3.57. The minimum Gasteiger partial charge on any atom is -0.310 e. The molecule has 0 aromatic heterocycles. The number of hydrogen-bond acceptors (Lipinski definition) is 1. The van der Waals surface area contributed by atoms with Crippen LogP contribution in [0.4, 0.5) is 0 Å². The summed E-state index contributed by atoms with van der Waals surface area (Å²) in [5.41, 5.74) is 3.09. The van der Waals surface area contributed by atoms with Crippen LogP contribution in [0.1, 0.15) is 57.6 Å². The quantitative estimate of drug-likeness (QED) is 0.828. The van der Waals surface area contributed by atoms with Crippen molar-refractivity contribution in [2.45, 2.75) is 64.5 Å². The molecule has 1 heteroatoms. The molecule has 0 radical (unpaired) electrons. The summed E-state index contributed by atoms with van der Waals surface area (Å²) in [6.07, 6.45) is 5.53. The summed E-state index contributed by atoms with van der Waals surface area (Å²) < 4.78 is 0. The van der Waals surface area contributed by atoms with E-state index in [1.54, 1.807) is 0 Å². The maximum absolute atomic E-state index is 3.66. The first kappa shape index (κ1) is 12.6. The van der Waals surface area contributed by atoms with Crippen molar-refractivity contribution in [2.75, 3.05) is 0 Å². The second-order valence-corrected chi connectivity index (χ2v) is 6.31. The van der Waals surface area contributed by atoms with Crippen LogP contribution in [0.15, 0.2) is 24.3 Å². The summed E-state index contributed by atoms with van der Waals surface area (Å²) in [4.78, 5) is 0. The molecule has 0 heterocycles. The summed E-state index contributed by atoms with van der Waals surface area (Å²) in [5, 5.41) is 3.66. The molecule has 1 nitrogen and oxygen atoms in total. The van der Waals surface area contributed by atoms with Crippen LogP contribution in [0, 0.1) is 0 Å². The van der Waals surface area contributed by atoms with Gasteiger partial charge in [0.2, 0.25) is 0 Å². The molecule has 0 atom stereocenters. The highest BCUT2D eigenvalue weighted by atomic mass is 14.9. The lowest BCUT2D eigenvalue weighted by atomic mass is 9.87. The van der Waals surface area contributed by atoms with Crippen molar-refractivity contribution in [1.82, 2.24) is 5.32 Å². The molecule has 1 N–H and O–H groups in total. The lowest BCUT2D eigenvalue weighted by Gasteiger charge is -2.19. The molecule has 1 aromatic carbocycles. The molecule has 0 spiro atoms. The molecule has 17 heavy (non-hydrogen) atoms. The van der Waals surface area contributed by atoms with Gasteiger partial charge in [-0.2, -0.15) is 0 Å². The van der Waals surface area contributed by atoms with Crippen molar-refractivity contribution >= 4 is 0 Å². The van der Waals surface area contributed by atoms with E-state index in [0.29, 0.717) is 0 Å². The second kappa shape index (κ2) is 5.22. The molecule has 0 saturated heterocycles. The van der Waals surface area contributed by atoms with E-state index in [2.05, 4.69) is 50.4 Å². The lowest BCUT2D eigenvalue weighted by molar-refractivity contribution is 0.524. The summed E-state index contributed by atoms with van der Waals surface area (Å²) in [6, 6.07) is 9.83. The van der Waals surface area contributed by atoms with E-state index in [0.717, 1.165) is 12.6 Å². The van der Waals surface area contributed by atoms with Crippen LogP contribution in [0.2, 0.25) is 0 Å². The molecule has 94 valence electrons. The Morgan fingerprint density at radius 3 is 2.18 bits per heavy atom. The molecule has 0 unspecified atom stereocenters. The van der Waals surface area contributed by atoms with Crippen molar-refractivity contribution in [1.29, 1.82) is 0 Å². The van der Waals surface area contributed by atoms with E-state index in [1.807, 2.05) is 0 Å². The van der Waals surface area contributed by atoms with Gasteiger partial charge in [-0.05, 0) is 29.4 Å². The Morgan fingerprint density at radius 1 is 1.06 bits per heavy atom. The number of rotatable bonds is 3. The van der Waals surface area contributed by atoms with Gasteiger partial charge in [-0.15, -0.1) is 0 Å². The molecule has 1 aliphatic carbocycles. The third-order valence-electron chi connectivity index (χ3n) is 3.77. The third-order valence-corrected chi connectivity index (χ3v) is 3.77. The molecule has 1 aromatic rings. The first-order valence-electron chi connectivity index (χ1n) is 6.88. The van der Waals surface area contributed by atoms with Gasteiger partial charge >= 0.3 is 0 Å². The van der Waals surface area contributed by atoms with Gasteiger partial charge in [0.1, 0.15) is 0 Å². The molecule has 2 rings (SSSR count). The van der Waals surface area contributed by atoms with Gasteiger partial charge in [-0.1, -0.05) is 57.9 Å². The number of benzene rings is 1. The maximum atomic E-state index is 3.66. The van der Waals surface area contributed by atoms with E-state index in [9.17, 15) is 0 Å². The van der Waals surface area contributed by atoms with Gasteiger partial charge in [-0.3, -0.25) is 0 Å². The highest BCUT2D eigenvalue weighted by Crippen LogP contribution is 2.22. The maximum Gasteiger partial charge on any atom is 0.0208 e. The van der Waals surface area contributed by atoms with Gasteiger partial charge in [0, 0.05) is 12.6 Å². The summed E-state index contributed by atoms with van der Waals surface area (Å²) >= 11 is 0. The summed E-state index contributed by atoms with van der Waals surface area (Å²) in [5.74, 6) is 0. The Hall–Kier alpha value is -0.820. The molecule has 1 aliphatic rings. The predicted octanol–water partition coefficient (Wildman–Crippen LogP) is 4.02. The Bertz CT molecular complexity index is 339. The Balaban J connectivity index is 1.89. The smallest absolute Gasteiger partial charge is 0.0208 e. The Labute approximate surface area is 106 Å². The normalized spacial score (nSPS) is 17.6. The van der Waals surface area contributed by atoms with Crippen molar-refractivity contribution in [3.8, 4) is 0 Å². The second-order valence-electron chi connectivity index (χ2n) is 6.31. The first-order valence-corrected chi connectivity index (χ1v) is 6.88. The molecule has 1 saturated carbocycles. The van der Waals surface area contributed by atoms with Crippen molar-refractivity contribution in [3.05, 3.63) is 35.4 Å². The largest absolute Gasteiger partial charge is 0.310 e. The molecule has 0 amide bonds.